The predicted octanol–water partition coefficient (Wildman–Crippen LogP) is 5.14. The number of aldehydes is 1. The second-order valence-electron chi connectivity index (χ2n) is 9.49. The average molecular weight is 477 g/mol. The summed E-state index contributed by atoms with van der Waals surface area (Å²) >= 11 is 0. The standard InChI is InChI=1S/C29H36O4Si/c1-29(2,3)34(27-13-7-5-8-14-27,28-15-9-6-10-16-28)33-21-11-12-26(22-30)32-23-24-17-19-25(31-4)20-18-24/h5-10,13-20,22,26H,11-12,21,23H2,1-4H3/t26-/m0/s1. The van der Waals surface area contributed by atoms with Crippen LogP contribution in [0, 0.1) is 0 Å². The molecule has 0 heterocycles. The molecule has 1 atom stereocenters. The summed E-state index contributed by atoms with van der Waals surface area (Å²) in [6.07, 6.45) is 1.81. The fourth-order valence-electron chi connectivity index (χ4n) is 4.39. The second-order valence-corrected chi connectivity index (χ2v) is 13.8. The number of carbonyl (C=O) groups is 1. The minimum atomic E-state index is -2.55. The van der Waals surface area contributed by atoms with Gasteiger partial charge in [-0.3, -0.25) is 0 Å². The third-order valence-corrected chi connectivity index (χ3v) is 11.2. The van der Waals surface area contributed by atoms with Gasteiger partial charge < -0.3 is 18.7 Å². The summed E-state index contributed by atoms with van der Waals surface area (Å²) in [5.74, 6) is 0.802. The Kier molecular flexibility index (Phi) is 9.22. The van der Waals surface area contributed by atoms with Gasteiger partial charge in [0.15, 0.2) is 0 Å². The van der Waals surface area contributed by atoms with E-state index in [9.17, 15) is 4.79 Å². The van der Waals surface area contributed by atoms with E-state index in [0.29, 0.717) is 19.6 Å². The van der Waals surface area contributed by atoms with Crippen LogP contribution in [0.15, 0.2) is 84.9 Å². The van der Waals surface area contributed by atoms with E-state index in [4.69, 9.17) is 13.9 Å². The van der Waals surface area contributed by atoms with Crippen molar-refractivity contribution in [3.05, 3.63) is 90.5 Å². The van der Waals surface area contributed by atoms with Gasteiger partial charge in [0.2, 0.25) is 0 Å². The van der Waals surface area contributed by atoms with Crippen molar-refractivity contribution in [3.63, 3.8) is 0 Å². The monoisotopic (exact) mass is 476 g/mol. The van der Waals surface area contributed by atoms with E-state index in [1.54, 1.807) is 7.11 Å². The van der Waals surface area contributed by atoms with Crippen LogP contribution in [0.1, 0.15) is 39.2 Å². The highest BCUT2D eigenvalue weighted by molar-refractivity contribution is 6.99. The van der Waals surface area contributed by atoms with Crippen molar-refractivity contribution in [2.24, 2.45) is 0 Å². The topological polar surface area (TPSA) is 44.8 Å². The van der Waals surface area contributed by atoms with Crippen molar-refractivity contribution in [1.29, 1.82) is 0 Å². The van der Waals surface area contributed by atoms with E-state index < -0.39 is 14.4 Å². The van der Waals surface area contributed by atoms with E-state index in [1.165, 1.54) is 10.4 Å². The fourth-order valence-corrected chi connectivity index (χ4v) is 8.99. The first-order chi connectivity index (χ1) is 16.4. The highest BCUT2D eigenvalue weighted by atomic mass is 28.4. The van der Waals surface area contributed by atoms with Crippen molar-refractivity contribution < 1.29 is 18.7 Å². The first-order valence-corrected chi connectivity index (χ1v) is 13.8. The van der Waals surface area contributed by atoms with E-state index in [2.05, 4.69) is 69.3 Å². The van der Waals surface area contributed by atoms with Crippen LogP contribution in [0.25, 0.3) is 0 Å². The van der Waals surface area contributed by atoms with E-state index in [-0.39, 0.29) is 5.04 Å². The summed E-state index contributed by atoms with van der Waals surface area (Å²) in [4.78, 5) is 11.6. The molecule has 0 saturated heterocycles. The zero-order valence-corrected chi connectivity index (χ0v) is 21.7. The van der Waals surface area contributed by atoms with Gasteiger partial charge in [-0.05, 0) is 45.9 Å². The molecule has 0 bridgehead atoms. The Labute approximate surface area is 205 Å². The van der Waals surface area contributed by atoms with E-state index in [1.807, 2.05) is 36.4 Å². The van der Waals surface area contributed by atoms with Crippen LogP contribution in [0.3, 0.4) is 0 Å². The number of rotatable bonds is 12. The van der Waals surface area contributed by atoms with Crippen LogP contribution in [0.2, 0.25) is 5.04 Å². The second kappa shape index (κ2) is 12.1. The maximum absolute atomic E-state index is 11.6. The van der Waals surface area contributed by atoms with Gasteiger partial charge in [-0.2, -0.15) is 0 Å². The van der Waals surface area contributed by atoms with Crippen molar-refractivity contribution in [1.82, 2.24) is 0 Å². The first-order valence-electron chi connectivity index (χ1n) is 11.9. The van der Waals surface area contributed by atoms with Crippen LogP contribution >= 0.6 is 0 Å². The quantitative estimate of drug-likeness (QED) is 0.206. The Bertz CT molecular complexity index is 958. The average Bonchev–Trinajstić information content (AvgIpc) is 2.86. The summed E-state index contributed by atoms with van der Waals surface area (Å²) < 4.78 is 18.0. The van der Waals surface area contributed by atoms with Gasteiger partial charge >= 0.3 is 0 Å². The summed E-state index contributed by atoms with van der Waals surface area (Å²) in [6, 6.07) is 28.9. The molecule has 3 aromatic carbocycles. The Morgan fingerprint density at radius 2 is 1.41 bits per heavy atom. The summed E-state index contributed by atoms with van der Waals surface area (Å²) in [5, 5.41) is 2.46. The lowest BCUT2D eigenvalue weighted by molar-refractivity contribution is -0.119. The molecule has 0 saturated carbocycles. The molecule has 0 N–H and O–H groups in total. The Morgan fingerprint density at radius 1 is 0.853 bits per heavy atom. The minimum absolute atomic E-state index is 0.0648. The van der Waals surface area contributed by atoms with Gasteiger partial charge in [0, 0.05) is 6.61 Å². The lowest BCUT2D eigenvalue weighted by Gasteiger charge is -2.43. The molecule has 180 valence electrons. The van der Waals surface area contributed by atoms with E-state index in [0.717, 1.165) is 24.0 Å². The summed E-state index contributed by atoms with van der Waals surface area (Å²) in [6.45, 7) is 7.77. The molecular weight excluding hydrogens is 440 g/mol. The first kappa shape index (κ1) is 25.9. The Morgan fingerprint density at radius 3 is 1.88 bits per heavy atom. The molecule has 34 heavy (non-hydrogen) atoms. The third-order valence-electron chi connectivity index (χ3n) is 6.14. The molecule has 4 nitrogen and oxygen atoms in total. The highest BCUT2D eigenvalue weighted by Crippen LogP contribution is 2.36. The summed E-state index contributed by atoms with van der Waals surface area (Å²) in [7, 11) is -0.911. The van der Waals surface area contributed by atoms with Crippen LogP contribution in [0.5, 0.6) is 5.75 Å². The van der Waals surface area contributed by atoms with Gasteiger partial charge in [0.1, 0.15) is 18.1 Å². The molecule has 0 fully saturated rings. The normalized spacial score (nSPS) is 12.8. The van der Waals surface area contributed by atoms with Gasteiger partial charge in [0.05, 0.1) is 13.7 Å². The summed E-state index contributed by atoms with van der Waals surface area (Å²) in [5.41, 5.74) is 1.01. The molecule has 0 aliphatic carbocycles. The lowest BCUT2D eigenvalue weighted by atomic mass is 10.2. The lowest BCUT2D eigenvalue weighted by Crippen LogP contribution is -2.66. The molecule has 0 radical (unpaired) electrons. The van der Waals surface area contributed by atoms with Gasteiger partial charge in [-0.25, -0.2) is 0 Å². The van der Waals surface area contributed by atoms with Crippen LogP contribution in [-0.2, 0) is 20.6 Å². The highest BCUT2D eigenvalue weighted by Gasteiger charge is 2.49. The number of benzene rings is 3. The molecule has 0 aliphatic rings. The van der Waals surface area contributed by atoms with Crippen molar-refractivity contribution in [2.75, 3.05) is 13.7 Å². The van der Waals surface area contributed by atoms with Crippen LogP contribution in [-0.4, -0.2) is 34.4 Å². The fraction of sp³-hybridized carbons (Fsp3) is 0.345. The zero-order chi connectivity index (χ0) is 24.4. The Hall–Kier alpha value is -2.73. The number of ether oxygens (including phenoxy) is 2. The zero-order valence-electron chi connectivity index (χ0n) is 20.7. The predicted molar refractivity (Wildman–Crippen MR) is 140 cm³/mol. The van der Waals surface area contributed by atoms with Crippen LogP contribution in [0.4, 0.5) is 0 Å². The molecule has 0 unspecified atom stereocenters. The molecule has 3 aromatic rings. The maximum Gasteiger partial charge on any atom is 0.261 e. The molecule has 0 aliphatic heterocycles. The molecule has 5 heteroatoms. The van der Waals surface area contributed by atoms with Crippen LogP contribution < -0.4 is 15.1 Å². The number of hydrogen-bond donors (Lipinski definition) is 0. The molecule has 0 amide bonds. The number of hydrogen-bond acceptors (Lipinski definition) is 4. The molecule has 3 rings (SSSR count). The van der Waals surface area contributed by atoms with Gasteiger partial charge in [0.25, 0.3) is 8.32 Å². The van der Waals surface area contributed by atoms with Crippen molar-refractivity contribution >= 4 is 25.0 Å². The van der Waals surface area contributed by atoms with Crippen molar-refractivity contribution in [2.45, 2.75) is 51.4 Å². The largest absolute Gasteiger partial charge is 0.497 e. The molecule has 0 spiro atoms. The SMILES string of the molecule is COc1ccc(CO[C@H](C=O)CCCO[Si](c2ccccc2)(c2ccccc2)C(C)(C)C)cc1. The maximum atomic E-state index is 11.6. The molecular formula is C29H36O4Si. The Balaban J connectivity index is 1.67. The number of methoxy groups -OCH3 is 1. The van der Waals surface area contributed by atoms with Crippen molar-refractivity contribution in [3.8, 4) is 5.75 Å². The molecule has 0 aromatic heterocycles. The van der Waals surface area contributed by atoms with Gasteiger partial charge in [-0.1, -0.05) is 93.6 Å². The smallest absolute Gasteiger partial charge is 0.261 e. The van der Waals surface area contributed by atoms with Gasteiger partial charge in [-0.15, -0.1) is 0 Å². The minimum Gasteiger partial charge on any atom is -0.497 e. The number of carbonyl (C=O) groups excluding carboxylic acids is 1. The third kappa shape index (κ3) is 6.23. The van der Waals surface area contributed by atoms with E-state index >= 15 is 0 Å².